The molecule has 0 aliphatic heterocycles. The van der Waals surface area contributed by atoms with Crippen molar-refractivity contribution in [3.63, 3.8) is 0 Å². The lowest BCUT2D eigenvalue weighted by Gasteiger charge is -2.07. The first-order chi connectivity index (χ1) is 10.7. The smallest absolute Gasteiger partial charge is 0.320 e. The summed E-state index contributed by atoms with van der Waals surface area (Å²) in [6.45, 7) is 2.23. The first-order valence-corrected chi connectivity index (χ1v) is 6.92. The Labute approximate surface area is 130 Å². The second-order valence-corrected chi connectivity index (χ2v) is 4.65. The van der Waals surface area contributed by atoms with Crippen LogP contribution in [0.1, 0.15) is 11.1 Å². The number of anilines is 1. The van der Waals surface area contributed by atoms with E-state index < -0.39 is 0 Å². The van der Waals surface area contributed by atoms with E-state index in [1.54, 1.807) is 7.11 Å². The van der Waals surface area contributed by atoms with Crippen molar-refractivity contribution in [3.8, 4) is 17.6 Å². The van der Waals surface area contributed by atoms with Crippen LogP contribution in [0.3, 0.4) is 0 Å². The van der Waals surface area contributed by atoms with E-state index in [1.165, 1.54) is 0 Å². The Hall–Kier alpha value is -2.93. The molecule has 0 fully saturated rings. The summed E-state index contributed by atoms with van der Waals surface area (Å²) in [5, 5.41) is 5.49. The number of carbonyl (C=O) groups excluding carboxylic acids is 1. The molecule has 2 aromatic carbocycles. The molecular weight excluding hydrogens is 276 g/mol. The molecule has 0 saturated carbocycles. The summed E-state index contributed by atoms with van der Waals surface area (Å²) in [5.74, 6) is 6.68. The largest absolute Gasteiger partial charge is 0.497 e. The highest BCUT2D eigenvalue weighted by Gasteiger charge is 2.01. The molecule has 2 aromatic rings. The second kappa shape index (κ2) is 7.75. The molecule has 2 rings (SSSR count). The van der Waals surface area contributed by atoms with Crippen LogP contribution in [0.25, 0.3) is 0 Å². The van der Waals surface area contributed by atoms with Gasteiger partial charge in [0.2, 0.25) is 0 Å². The molecule has 0 spiro atoms. The molecular formula is C18H18N2O2. The quantitative estimate of drug-likeness (QED) is 0.854. The van der Waals surface area contributed by atoms with Gasteiger partial charge in [0.05, 0.1) is 13.7 Å². The molecule has 0 unspecified atom stereocenters. The van der Waals surface area contributed by atoms with Crippen LogP contribution in [0.15, 0.2) is 48.5 Å². The Morgan fingerprint density at radius 1 is 1.14 bits per heavy atom. The lowest BCUT2D eigenvalue weighted by Crippen LogP contribution is -2.29. The highest BCUT2D eigenvalue weighted by atomic mass is 16.5. The van der Waals surface area contributed by atoms with Crippen LogP contribution in [0.4, 0.5) is 10.5 Å². The summed E-state index contributed by atoms with van der Waals surface area (Å²) in [7, 11) is 1.62. The molecule has 0 bridgehead atoms. The van der Waals surface area contributed by atoms with Crippen molar-refractivity contribution in [2.45, 2.75) is 6.92 Å². The minimum Gasteiger partial charge on any atom is -0.497 e. The molecule has 0 aliphatic rings. The predicted octanol–water partition coefficient (Wildman–Crippen LogP) is 3.18. The van der Waals surface area contributed by atoms with Gasteiger partial charge in [-0.25, -0.2) is 4.79 Å². The molecule has 0 radical (unpaired) electrons. The average Bonchev–Trinajstić information content (AvgIpc) is 2.54. The maximum Gasteiger partial charge on any atom is 0.320 e. The summed E-state index contributed by atoms with van der Waals surface area (Å²) in [4.78, 5) is 11.8. The van der Waals surface area contributed by atoms with Gasteiger partial charge in [-0.05, 0) is 42.8 Å². The zero-order valence-corrected chi connectivity index (χ0v) is 12.6. The number of nitrogens with one attached hydrogen (secondary N) is 2. The van der Waals surface area contributed by atoms with Crippen molar-refractivity contribution in [1.82, 2.24) is 5.32 Å². The van der Waals surface area contributed by atoms with Gasteiger partial charge in [-0.1, -0.05) is 30.0 Å². The third-order valence-electron chi connectivity index (χ3n) is 3.05. The monoisotopic (exact) mass is 294 g/mol. The van der Waals surface area contributed by atoms with Gasteiger partial charge in [-0.15, -0.1) is 0 Å². The topological polar surface area (TPSA) is 50.4 Å². The highest BCUT2D eigenvalue weighted by molar-refractivity contribution is 5.90. The van der Waals surface area contributed by atoms with E-state index in [0.29, 0.717) is 0 Å². The zero-order chi connectivity index (χ0) is 15.8. The van der Waals surface area contributed by atoms with Crippen molar-refractivity contribution >= 4 is 11.7 Å². The number of hydrogen-bond acceptors (Lipinski definition) is 2. The van der Waals surface area contributed by atoms with Crippen molar-refractivity contribution in [2.75, 3.05) is 19.0 Å². The van der Waals surface area contributed by atoms with Crippen LogP contribution >= 0.6 is 0 Å². The molecule has 0 aliphatic carbocycles. The van der Waals surface area contributed by atoms with Crippen LogP contribution in [0.5, 0.6) is 5.75 Å². The lowest BCUT2D eigenvalue weighted by molar-refractivity contribution is 0.253. The van der Waals surface area contributed by atoms with Crippen LogP contribution < -0.4 is 15.4 Å². The maximum atomic E-state index is 11.8. The fraction of sp³-hybridized carbons (Fsp3) is 0.167. The summed E-state index contributed by atoms with van der Waals surface area (Å²) < 4.78 is 5.08. The Bertz CT molecular complexity index is 697. The van der Waals surface area contributed by atoms with E-state index in [-0.39, 0.29) is 12.6 Å². The molecule has 0 aromatic heterocycles. The zero-order valence-electron chi connectivity index (χ0n) is 12.6. The maximum absolute atomic E-state index is 11.8. The van der Waals surface area contributed by atoms with E-state index in [9.17, 15) is 4.79 Å². The van der Waals surface area contributed by atoms with Crippen molar-refractivity contribution in [2.24, 2.45) is 0 Å². The fourth-order valence-corrected chi connectivity index (χ4v) is 1.82. The summed E-state index contributed by atoms with van der Waals surface area (Å²) in [6.07, 6.45) is 0. The number of carbonyl (C=O) groups is 1. The molecule has 0 atom stereocenters. The van der Waals surface area contributed by atoms with Gasteiger partial charge >= 0.3 is 6.03 Å². The molecule has 0 heterocycles. The Kier molecular flexibility index (Phi) is 5.44. The number of para-hydroxylation sites is 1. The Balaban J connectivity index is 1.82. The van der Waals surface area contributed by atoms with Crippen LogP contribution in [-0.4, -0.2) is 19.7 Å². The number of ether oxygens (including phenoxy) is 1. The van der Waals surface area contributed by atoms with Gasteiger partial charge in [0.25, 0.3) is 0 Å². The normalized spacial score (nSPS) is 9.36. The first-order valence-electron chi connectivity index (χ1n) is 6.92. The summed E-state index contributed by atoms with van der Waals surface area (Å²) in [6, 6.07) is 14.8. The van der Waals surface area contributed by atoms with E-state index in [0.717, 1.165) is 22.6 Å². The molecule has 4 nitrogen and oxygen atoms in total. The molecule has 2 N–H and O–H groups in total. The number of hydrogen-bond donors (Lipinski definition) is 2. The van der Waals surface area contributed by atoms with E-state index in [1.807, 2.05) is 55.5 Å². The van der Waals surface area contributed by atoms with Gasteiger partial charge in [-0.3, -0.25) is 0 Å². The highest BCUT2D eigenvalue weighted by Crippen LogP contribution is 2.12. The van der Waals surface area contributed by atoms with E-state index in [2.05, 4.69) is 22.5 Å². The molecule has 0 saturated heterocycles. The SMILES string of the molecule is COc1ccc(C#CCNC(=O)Nc2ccccc2C)cc1. The molecule has 22 heavy (non-hydrogen) atoms. The predicted molar refractivity (Wildman–Crippen MR) is 88.1 cm³/mol. The van der Waals surface area contributed by atoms with Crippen LogP contribution in [0.2, 0.25) is 0 Å². The second-order valence-electron chi connectivity index (χ2n) is 4.65. The van der Waals surface area contributed by atoms with Crippen molar-refractivity contribution < 1.29 is 9.53 Å². The molecule has 112 valence electrons. The van der Waals surface area contributed by atoms with E-state index >= 15 is 0 Å². The number of benzene rings is 2. The minimum atomic E-state index is -0.265. The van der Waals surface area contributed by atoms with E-state index in [4.69, 9.17) is 4.74 Å². The molecule has 2 amide bonds. The standard InChI is InChI=1S/C18H18N2O2/c1-14-6-3-4-8-17(14)20-18(21)19-13-5-7-15-9-11-16(22-2)12-10-15/h3-4,6,8-12H,13H2,1-2H3,(H2,19,20,21). The number of methoxy groups -OCH3 is 1. The average molecular weight is 294 g/mol. The van der Waals surface area contributed by atoms with Gasteiger partial charge in [0, 0.05) is 11.3 Å². The Morgan fingerprint density at radius 3 is 2.55 bits per heavy atom. The van der Waals surface area contributed by atoms with Crippen molar-refractivity contribution in [3.05, 3.63) is 59.7 Å². The lowest BCUT2D eigenvalue weighted by atomic mass is 10.2. The summed E-state index contributed by atoms with van der Waals surface area (Å²) >= 11 is 0. The third-order valence-corrected chi connectivity index (χ3v) is 3.05. The van der Waals surface area contributed by atoms with Gasteiger partial charge in [-0.2, -0.15) is 0 Å². The van der Waals surface area contributed by atoms with Crippen LogP contribution in [-0.2, 0) is 0 Å². The number of urea groups is 1. The van der Waals surface area contributed by atoms with Crippen LogP contribution in [0, 0.1) is 18.8 Å². The van der Waals surface area contributed by atoms with Gasteiger partial charge in [0.15, 0.2) is 0 Å². The fourth-order valence-electron chi connectivity index (χ4n) is 1.82. The third kappa shape index (κ3) is 4.57. The number of amides is 2. The minimum absolute atomic E-state index is 0.265. The van der Waals surface area contributed by atoms with Gasteiger partial charge < -0.3 is 15.4 Å². The first kappa shape index (κ1) is 15.5. The Morgan fingerprint density at radius 2 is 1.86 bits per heavy atom. The number of aryl methyl sites for hydroxylation is 1. The van der Waals surface area contributed by atoms with Crippen molar-refractivity contribution in [1.29, 1.82) is 0 Å². The molecule has 4 heteroatoms. The van der Waals surface area contributed by atoms with Gasteiger partial charge in [0.1, 0.15) is 5.75 Å². The number of rotatable bonds is 3. The summed E-state index contributed by atoms with van der Waals surface area (Å²) in [5.41, 5.74) is 2.69.